The largest absolute Gasteiger partial charge is 0.497 e. The lowest BCUT2D eigenvalue weighted by Gasteiger charge is -2.09. The fourth-order valence-corrected chi connectivity index (χ4v) is 3.70. The first kappa shape index (κ1) is 19.7. The van der Waals surface area contributed by atoms with E-state index in [1.165, 1.54) is 5.52 Å². The van der Waals surface area contributed by atoms with Crippen molar-refractivity contribution >= 4 is 22.6 Å². The van der Waals surface area contributed by atoms with Crippen LogP contribution in [0.5, 0.6) is 5.75 Å². The number of nitrogens with one attached hydrogen (secondary N) is 1. The molecule has 5 heteroatoms. The molecular formula is C25H25N3O2. The molecule has 1 amide bonds. The van der Waals surface area contributed by atoms with Crippen LogP contribution in [0.3, 0.4) is 0 Å². The van der Waals surface area contributed by atoms with Crippen LogP contribution >= 0.6 is 0 Å². The van der Waals surface area contributed by atoms with Gasteiger partial charge in [0.15, 0.2) is 0 Å². The fourth-order valence-electron chi connectivity index (χ4n) is 3.70. The van der Waals surface area contributed by atoms with Crippen molar-refractivity contribution in [3.8, 4) is 5.75 Å². The Morgan fingerprint density at radius 1 is 1.00 bits per heavy atom. The number of para-hydroxylation sites is 2. The number of anilines is 1. The molecule has 4 aromatic rings. The van der Waals surface area contributed by atoms with Crippen LogP contribution in [0.2, 0.25) is 0 Å². The number of aryl methyl sites for hydroxylation is 3. The summed E-state index contributed by atoms with van der Waals surface area (Å²) in [6.07, 6.45) is 1.70. The highest BCUT2D eigenvalue weighted by Gasteiger charge is 2.10. The number of rotatable bonds is 7. The molecule has 3 aromatic carbocycles. The number of benzene rings is 3. The molecule has 1 N–H and O–H groups in total. The fraction of sp³-hybridized carbons (Fsp3) is 0.200. The molecule has 1 heterocycles. The van der Waals surface area contributed by atoms with E-state index >= 15 is 0 Å². The number of ether oxygens (including phenoxy) is 1. The predicted octanol–water partition coefficient (Wildman–Crippen LogP) is 5.10. The van der Waals surface area contributed by atoms with Crippen molar-refractivity contribution in [2.24, 2.45) is 0 Å². The maximum Gasteiger partial charge on any atom is 0.255 e. The number of methoxy groups -OCH3 is 1. The van der Waals surface area contributed by atoms with Crippen molar-refractivity contribution in [2.75, 3.05) is 12.4 Å². The number of amides is 1. The van der Waals surface area contributed by atoms with Gasteiger partial charge >= 0.3 is 0 Å². The molecule has 4 rings (SSSR count). The van der Waals surface area contributed by atoms with E-state index in [0.717, 1.165) is 42.0 Å². The van der Waals surface area contributed by atoms with Gasteiger partial charge in [-0.15, -0.1) is 0 Å². The minimum atomic E-state index is -0.154. The molecule has 0 saturated heterocycles. The second-order valence-electron chi connectivity index (χ2n) is 7.15. The van der Waals surface area contributed by atoms with E-state index in [0.29, 0.717) is 11.3 Å². The van der Waals surface area contributed by atoms with E-state index in [1.54, 1.807) is 19.2 Å². The summed E-state index contributed by atoms with van der Waals surface area (Å²) in [5.74, 6) is 1.60. The molecule has 30 heavy (non-hydrogen) atoms. The lowest BCUT2D eigenvalue weighted by Crippen LogP contribution is -2.12. The van der Waals surface area contributed by atoms with Crippen LogP contribution in [-0.2, 0) is 19.4 Å². The Balaban J connectivity index is 1.47. The minimum absolute atomic E-state index is 0.154. The molecule has 0 atom stereocenters. The Kier molecular flexibility index (Phi) is 5.80. The first-order chi connectivity index (χ1) is 14.7. The standard InChI is InChI=1S/C25H25N3O2/c1-3-28-23-13-5-4-12-22(23)27-24(28)15-14-18-8-6-10-20(16-18)26-25(29)19-9-7-11-21(17-19)30-2/h4-13,16-17H,3,14-15H2,1-2H3,(H,26,29). The molecule has 0 saturated carbocycles. The molecule has 1 aromatic heterocycles. The average molecular weight is 399 g/mol. The maximum atomic E-state index is 12.6. The van der Waals surface area contributed by atoms with Crippen LogP contribution < -0.4 is 10.1 Å². The van der Waals surface area contributed by atoms with Gasteiger partial charge in [0.2, 0.25) is 0 Å². The number of carbonyl (C=O) groups excluding carboxylic acids is 1. The third-order valence-corrected chi connectivity index (χ3v) is 5.20. The van der Waals surface area contributed by atoms with Gasteiger partial charge in [-0.1, -0.05) is 30.3 Å². The van der Waals surface area contributed by atoms with Crippen LogP contribution in [0.1, 0.15) is 28.7 Å². The highest BCUT2D eigenvalue weighted by Crippen LogP contribution is 2.19. The van der Waals surface area contributed by atoms with Gasteiger partial charge in [0, 0.05) is 24.2 Å². The first-order valence-electron chi connectivity index (χ1n) is 10.2. The van der Waals surface area contributed by atoms with Gasteiger partial charge in [-0.2, -0.15) is 0 Å². The Morgan fingerprint density at radius 2 is 1.83 bits per heavy atom. The van der Waals surface area contributed by atoms with Crippen LogP contribution in [0.25, 0.3) is 11.0 Å². The molecule has 0 aliphatic carbocycles. The van der Waals surface area contributed by atoms with Gasteiger partial charge in [-0.3, -0.25) is 4.79 Å². The zero-order valence-electron chi connectivity index (χ0n) is 17.3. The number of nitrogens with zero attached hydrogens (tertiary/aromatic N) is 2. The van der Waals surface area contributed by atoms with Crippen molar-refractivity contribution in [3.05, 3.63) is 89.7 Å². The first-order valence-corrected chi connectivity index (χ1v) is 10.2. The highest BCUT2D eigenvalue weighted by molar-refractivity contribution is 6.04. The molecule has 0 aliphatic heterocycles. The maximum absolute atomic E-state index is 12.6. The van der Waals surface area contributed by atoms with Gasteiger partial charge in [0.1, 0.15) is 11.6 Å². The van der Waals surface area contributed by atoms with E-state index in [-0.39, 0.29) is 5.91 Å². The molecule has 0 fully saturated rings. The number of aromatic nitrogens is 2. The second-order valence-corrected chi connectivity index (χ2v) is 7.15. The Hall–Kier alpha value is -3.60. The van der Waals surface area contributed by atoms with E-state index in [2.05, 4.69) is 41.1 Å². The summed E-state index contributed by atoms with van der Waals surface area (Å²) < 4.78 is 7.47. The van der Waals surface area contributed by atoms with E-state index in [9.17, 15) is 4.79 Å². The zero-order chi connectivity index (χ0) is 20.9. The molecule has 0 radical (unpaired) electrons. The highest BCUT2D eigenvalue weighted by atomic mass is 16.5. The summed E-state index contributed by atoms with van der Waals surface area (Å²) in [6.45, 7) is 3.04. The Bertz CT molecular complexity index is 1180. The summed E-state index contributed by atoms with van der Waals surface area (Å²) in [4.78, 5) is 17.4. The summed E-state index contributed by atoms with van der Waals surface area (Å²) in [5, 5.41) is 2.98. The molecule has 0 aliphatic rings. The zero-order valence-corrected chi connectivity index (χ0v) is 17.3. The Labute approximate surface area is 176 Å². The van der Waals surface area contributed by atoms with Crippen molar-refractivity contribution in [2.45, 2.75) is 26.3 Å². The molecule has 152 valence electrons. The molecule has 5 nitrogen and oxygen atoms in total. The van der Waals surface area contributed by atoms with Crippen molar-refractivity contribution < 1.29 is 9.53 Å². The van der Waals surface area contributed by atoms with Crippen molar-refractivity contribution in [1.29, 1.82) is 0 Å². The molecule has 0 spiro atoms. The van der Waals surface area contributed by atoms with E-state index < -0.39 is 0 Å². The Morgan fingerprint density at radius 3 is 2.67 bits per heavy atom. The van der Waals surface area contributed by atoms with Crippen LogP contribution in [0, 0.1) is 0 Å². The van der Waals surface area contributed by atoms with Gasteiger partial charge < -0.3 is 14.6 Å². The number of carbonyl (C=O) groups is 1. The molecule has 0 unspecified atom stereocenters. The van der Waals surface area contributed by atoms with Crippen molar-refractivity contribution in [1.82, 2.24) is 9.55 Å². The third kappa shape index (κ3) is 4.20. The smallest absolute Gasteiger partial charge is 0.255 e. The third-order valence-electron chi connectivity index (χ3n) is 5.20. The molecule has 0 bridgehead atoms. The summed E-state index contributed by atoms with van der Waals surface area (Å²) >= 11 is 0. The predicted molar refractivity (Wildman–Crippen MR) is 120 cm³/mol. The summed E-state index contributed by atoms with van der Waals surface area (Å²) in [5.41, 5.74) is 4.72. The van der Waals surface area contributed by atoms with Gasteiger partial charge in [0.05, 0.1) is 18.1 Å². The number of fused-ring (bicyclic) bond motifs is 1. The van der Waals surface area contributed by atoms with Crippen LogP contribution in [0.15, 0.2) is 72.8 Å². The average Bonchev–Trinajstić information content (AvgIpc) is 3.15. The summed E-state index contributed by atoms with van der Waals surface area (Å²) in [7, 11) is 1.59. The topological polar surface area (TPSA) is 56.2 Å². The van der Waals surface area contributed by atoms with Gasteiger partial charge in [-0.05, 0) is 61.4 Å². The van der Waals surface area contributed by atoms with Crippen LogP contribution in [0.4, 0.5) is 5.69 Å². The summed E-state index contributed by atoms with van der Waals surface area (Å²) in [6, 6.07) is 23.4. The van der Waals surface area contributed by atoms with Crippen molar-refractivity contribution in [3.63, 3.8) is 0 Å². The number of hydrogen-bond acceptors (Lipinski definition) is 3. The van der Waals surface area contributed by atoms with Crippen LogP contribution in [-0.4, -0.2) is 22.6 Å². The molecular weight excluding hydrogens is 374 g/mol. The van der Waals surface area contributed by atoms with E-state index in [4.69, 9.17) is 9.72 Å². The minimum Gasteiger partial charge on any atom is -0.497 e. The quantitative estimate of drug-likeness (QED) is 0.470. The monoisotopic (exact) mass is 399 g/mol. The van der Waals surface area contributed by atoms with Gasteiger partial charge in [0.25, 0.3) is 5.91 Å². The lowest BCUT2D eigenvalue weighted by molar-refractivity contribution is 0.102. The van der Waals surface area contributed by atoms with Gasteiger partial charge in [-0.25, -0.2) is 4.98 Å². The SMILES string of the molecule is CCn1c(CCc2cccc(NC(=O)c3cccc(OC)c3)c2)nc2ccccc21. The number of hydrogen-bond donors (Lipinski definition) is 1. The lowest BCUT2D eigenvalue weighted by atomic mass is 10.1. The van der Waals surface area contributed by atoms with E-state index in [1.807, 2.05) is 36.4 Å². The normalized spacial score (nSPS) is 10.9. The second kappa shape index (κ2) is 8.82. The number of imidazole rings is 1.